The van der Waals surface area contributed by atoms with Gasteiger partial charge in [-0.05, 0) is 31.2 Å². The van der Waals surface area contributed by atoms with Crippen LogP contribution in [0.1, 0.15) is 27.6 Å². The fourth-order valence-corrected chi connectivity index (χ4v) is 3.41. The first kappa shape index (κ1) is 30.2. The van der Waals surface area contributed by atoms with Crippen molar-refractivity contribution in [1.29, 1.82) is 0 Å². The number of dihydropyridines is 1. The predicted molar refractivity (Wildman–Crippen MR) is 126 cm³/mol. The molecule has 35 heavy (non-hydrogen) atoms. The number of hydrogen-bond acceptors (Lipinski definition) is 7. The number of nitrogens with one attached hydrogen (secondary N) is 1. The molecule has 16 heteroatoms. The molecule has 3 rings (SSSR count). The number of aliphatic hydroxyl groups is 1. The van der Waals surface area contributed by atoms with Crippen LogP contribution in [-0.4, -0.2) is 106 Å². The number of aliphatic imine (C=N–C) groups is 1. The number of carbonyl (C=O) groups excluding carboxylic acids is 1. The summed E-state index contributed by atoms with van der Waals surface area (Å²) in [5.41, 5.74) is 1.18. The van der Waals surface area contributed by atoms with Crippen LogP contribution in [0.25, 0.3) is 5.70 Å². The Morgan fingerprint density at radius 2 is 1.80 bits per heavy atom. The second-order valence-corrected chi connectivity index (χ2v) is 8.00. The van der Waals surface area contributed by atoms with Crippen LogP contribution in [0.2, 0.25) is 0 Å². The van der Waals surface area contributed by atoms with Gasteiger partial charge < -0.3 is 15.3 Å². The number of carboxylic acid groups (broad SMARTS) is 2. The van der Waals surface area contributed by atoms with E-state index in [9.17, 15) is 38.1 Å². The van der Waals surface area contributed by atoms with Crippen LogP contribution >= 0.6 is 0 Å². The van der Waals surface area contributed by atoms with Crippen molar-refractivity contribution in [3.05, 3.63) is 59.4 Å². The monoisotopic (exact) mass is 507 g/mol. The number of aromatic nitrogens is 1. The average Bonchev–Trinajstić information content (AvgIpc) is 2.72. The molecule has 0 saturated carbocycles. The van der Waals surface area contributed by atoms with Gasteiger partial charge in [0.2, 0.25) is 0 Å². The van der Waals surface area contributed by atoms with Crippen LogP contribution in [0.5, 0.6) is 0 Å². The number of carboxylic acids is 2. The van der Waals surface area contributed by atoms with E-state index < -0.39 is 44.3 Å². The van der Waals surface area contributed by atoms with Crippen molar-refractivity contribution >= 4 is 99.4 Å². The van der Waals surface area contributed by atoms with Gasteiger partial charge in [-0.25, -0.2) is 9.59 Å². The Labute approximate surface area is 232 Å². The molecule has 0 atom stereocenters. The third-order valence-corrected chi connectivity index (χ3v) is 5.30. The summed E-state index contributed by atoms with van der Waals surface area (Å²) < 4.78 is 32.9. The number of rotatable bonds is 6. The number of nitrogens with zero attached hydrogens (tertiary/aromatic N) is 3. The van der Waals surface area contributed by atoms with E-state index in [2.05, 4.69) is 15.5 Å². The quantitative estimate of drug-likeness (QED) is 0.147. The molecule has 1 aliphatic heterocycles. The summed E-state index contributed by atoms with van der Waals surface area (Å²) in [6.07, 6.45) is 2.60. The van der Waals surface area contributed by atoms with Crippen LogP contribution in [0.3, 0.4) is 0 Å². The van der Waals surface area contributed by atoms with Gasteiger partial charge in [-0.1, -0.05) is 0 Å². The molecule has 0 spiro atoms. The van der Waals surface area contributed by atoms with Crippen LogP contribution in [0.4, 0.5) is 5.69 Å². The van der Waals surface area contributed by atoms with Gasteiger partial charge in [0, 0.05) is 6.07 Å². The molecule has 174 valence electrons. The van der Waals surface area contributed by atoms with E-state index in [1.807, 2.05) is 0 Å². The van der Waals surface area contributed by atoms with Gasteiger partial charge in [-0.2, -0.15) is 23.1 Å². The Hall–Kier alpha value is -2.83. The van der Waals surface area contributed by atoms with Crippen molar-refractivity contribution in [2.75, 3.05) is 5.43 Å². The normalized spacial score (nSPS) is 14.5. The maximum atomic E-state index is 12.3. The molecule has 13 nitrogen and oxygen atoms in total. The molecule has 1 aliphatic rings. The number of pyridine rings is 1. The van der Waals surface area contributed by atoms with E-state index in [4.69, 9.17) is 4.55 Å². The third-order valence-electron chi connectivity index (χ3n) is 4.45. The van der Waals surface area contributed by atoms with E-state index >= 15 is 0 Å². The van der Waals surface area contributed by atoms with Crippen molar-refractivity contribution in [3.8, 4) is 0 Å². The van der Waals surface area contributed by atoms with Gasteiger partial charge in [-0.3, -0.25) is 14.8 Å². The van der Waals surface area contributed by atoms with E-state index in [1.54, 1.807) is 0 Å². The van der Waals surface area contributed by atoms with E-state index in [0.717, 1.165) is 12.1 Å². The van der Waals surface area contributed by atoms with Crippen LogP contribution in [0.15, 0.2) is 63.3 Å². The zero-order valence-electron chi connectivity index (χ0n) is 16.6. The summed E-state index contributed by atoms with van der Waals surface area (Å²) in [5, 5.41) is 32.6. The maximum absolute atomic E-state index is 12.3. The Kier molecular flexibility index (Phi) is 10.1. The molecule has 0 aliphatic carbocycles. The van der Waals surface area contributed by atoms with Crippen molar-refractivity contribution in [2.24, 2.45) is 10.1 Å². The Morgan fingerprint density at radius 3 is 2.37 bits per heavy atom. The zero-order chi connectivity index (χ0) is 24.5. The number of aromatic carboxylic acids is 2. The topological polar surface area (TPSA) is 207 Å². The van der Waals surface area contributed by atoms with E-state index in [1.165, 1.54) is 36.0 Å². The molecule has 2 aromatic rings. The molecule has 0 radical (unpaired) electrons. The standard InChI is InChI=1S/C19H14N4O9S.Li.Na.2H/c1-9-14(22-21-13-5-4-11(33(30,31)32)7-12(13)19(28)29)16(24)20-17(25)15(9)23-6-2-3-10(8-23)18(26)27;;;;/h2-8H,1H3,(H4-,20,21,24,25,26,27,28,29,30,31,32);;;;/p+1. The summed E-state index contributed by atoms with van der Waals surface area (Å²) in [6.45, 7) is 1.40. The van der Waals surface area contributed by atoms with Crippen molar-refractivity contribution in [1.82, 2.24) is 0 Å². The molecule has 2 heterocycles. The van der Waals surface area contributed by atoms with E-state index in [0.29, 0.717) is 6.07 Å². The van der Waals surface area contributed by atoms with Gasteiger partial charge in [0.05, 0.1) is 21.7 Å². The van der Waals surface area contributed by atoms with Gasteiger partial charge in [0.1, 0.15) is 5.56 Å². The molecular weight excluding hydrogens is 490 g/mol. The predicted octanol–water partition coefficient (Wildman–Crippen LogP) is -0.484. The Bertz CT molecular complexity index is 1420. The SMILES string of the molecule is CC1=C([n+]2cccc(C(=O)O)c2)C(O)=NC(=O)/C1=N\Nc1ccc(S(=O)(=O)O)cc1C(=O)O.[LiH].[NaH]. The van der Waals surface area contributed by atoms with Gasteiger partial charge in [0.15, 0.2) is 18.1 Å². The number of aliphatic hydroxyl groups excluding tert-OH is 1. The second kappa shape index (κ2) is 11.7. The Morgan fingerprint density at radius 1 is 1.14 bits per heavy atom. The fourth-order valence-electron chi connectivity index (χ4n) is 2.90. The van der Waals surface area contributed by atoms with Gasteiger partial charge in [0.25, 0.3) is 21.7 Å². The van der Waals surface area contributed by atoms with Crippen molar-refractivity contribution in [3.63, 3.8) is 0 Å². The second-order valence-electron chi connectivity index (χ2n) is 6.58. The summed E-state index contributed by atoms with van der Waals surface area (Å²) in [5.74, 6) is -4.42. The molecule has 0 unspecified atom stereocenters. The number of hydrazone groups is 1. The van der Waals surface area contributed by atoms with E-state index in [-0.39, 0.29) is 76.7 Å². The van der Waals surface area contributed by atoms with Gasteiger partial charge >= 0.3 is 66.3 Å². The first-order chi connectivity index (χ1) is 15.4. The van der Waals surface area contributed by atoms with Crippen LogP contribution in [-0.2, 0) is 14.9 Å². The summed E-state index contributed by atoms with van der Waals surface area (Å²) in [4.78, 5) is 37.9. The zero-order valence-corrected chi connectivity index (χ0v) is 17.4. The summed E-state index contributed by atoms with van der Waals surface area (Å²) >= 11 is 0. The minimum atomic E-state index is -4.66. The van der Waals surface area contributed by atoms with Crippen molar-refractivity contribution < 1.29 is 47.2 Å². The number of benzene rings is 1. The average molecular weight is 507 g/mol. The third kappa shape index (κ3) is 6.65. The summed E-state index contributed by atoms with van der Waals surface area (Å²) in [7, 11) is -4.66. The fraction of sp³-hybridized carbons (Fsp3) is 0.0526. The van der Waals surface area contributed by atoms with Crippen LogP contribution < -0.4 is 9.99 Å². The number of carbonyl (C=O) groups is 3. The molecule has 5 N–H and O–H groups in total. The molecular formula is C19H17LiN4NaO9S+. The molecule has 0 saturated heterocycles. The minimum absolute atomic E-state index is 0. The first-order valence-electron chi connectivity index (χ1n) is 8.87. The molecule has 0 fully saturated rings. The van der Waals surface area contributed by atoms with Crippen molar-refractivity contribution in [2.45, 2.75) is 11.8 Å². The Balaban J connectivity index is 0.00000306. The first-order valence-corrected chi connectivity index (χ1v) is 10.3. The number of hydrogen-bond donors (Lipinski definition) is 5. The number of anilines is 1. The van der Waals surface area contributed by atoms with Crippen LogP contribution in [0, 0.1) is 0 Å². The molecule has 1 aromatic heterocycles. The van der Waals surface area contributed by atoms with Gasteiger partial charge in [-0.15, -0.1) is 0 Å². The summed E-state index contributed by atoms with van der Waals surface area (Å²) in [6, 6.07) is 5.37. The number of amides is 1. The molecule has 1 aromatic carbocycles. The molecule has 1 amide bonds. The molecule has 0 bridgehead atoms.